The molecular formula is C15H8ClF2NO. The molecule has 2 aromatic carbocycles. The minimum absolute atomic E-state index is 0.123. The van der Waals surface area contributed by atoms with Gasteiger partial charge in [-0.3, -0.25) is 4.79 Å². The second-order valence-electron chi connectivity index (χ2n) is 4.32. The largest absolute Gasteiger partial charge is 0.360 e. The standard InChI is InChI=1S/C15H8ClF2NO/c16-12-3-1-2-9(14(12)18)15(20)11-7-19-13-5-4-8(17)6-10(11)13/h1-7,19H. The van der Waals surface area contributed by atoms with Crippen LogP contribution in [-0.4, -0.2) is 10.8 Å². The minimum atomic E-state index is -0.773. The van der Waals surface area contributed by atoms with Crippen molar-refractivity contribution < 1.29 is 13.6 Å². The Kier molecular flexibility index (Phi) is 3.03. The van der Waals surface area contributed by atoms with E-state index in [0.29, 0.717) is 10.9 Å². The Morgan fingerprint density at radius 3 is 2.70 bits per heavy atom. The van der Waals surface area contributed by atoms with Crippen LogP contribution in [-0.2, 0) is 0 Å². The summed E-state index contributed by atoms with van der Waals surface area (Å²) < 4.78 is 27.2. The van der Waals surface area contributed by atoms with Crippen molar-refractivity contribution in [2.75, 3.05) is 0 Å². The average molecular weight is 292 g/mol. The average Bonchev–Trinajstić information content (AvgIpc) is 2.84. The summed E-state index contributed by atoms with van der Waals surface area (Å²) in [6.07, 6.45) is 1.44. The highest BCUT2D eigenvalue weighted by Crippen LogP contribution is 2.25. The first-order valence-electron chi connectivity index (χ1n) is 5.83. The fourth-order valence-corrected chi connectivity index (χ4v) is 2.28. The van der Waals surface area contributed by atoms with Crippen molar-refractivity contribution in [2.24, 2.45) is 0 Å². The molecule has 0 radical (unpaired) electrons. The van der Waals surface area contributed by atoms with Gasteiger partial charge in [-0.1, -0.05) is 17.7 Å². The van der Waals surface area contributed by atoms with Gasteiger partial charge in [0.15, 0.2) is 11.6 Å². The number of benzene rings is 2. The summed E-state index contributed by atoms with van der Waals surface area (Å²) in [7, 11) is 0. The fourth-order valence-electron chi connectivity index (χ4n) is 2.10. The van der Waals surface area contributed by atoms with Crippen molar-refractivity contribution in [3.63, 3.8) is 0 Å². The van der Waals surface area contributed by atoms with Crippen LogP contribution in [0.1, 0.15) is 15.9 Å². The molecule has 0 saturated carbocycles. The number of carbonyl (C=O) groups excluding carboxylic acids is 1. The second kappa shape index (κ2) is 4.72. The van der Waals surface area contributed by atoms with Gasteiger partial charge in [-0.25, -0.2) is 8.78 Å². The van der Waals surface area contributed by atoms with Crippen LogP contribution < -0.4 is 0 Å². The molecule has 100 valence electrons. The van der Waals surface area contributed by atoms with Gasteiger partial charge in [-0.15, -0.1) is 0 Å². The van der Waals surface area contributed by atoms with E-state index in [-0.39, 0.29) is 16.1 Å². The molecule has 3 rings (SSSR count). The normalized spacial score (nSPS) is 10.9. The molecule has 20 heavy (non-hydrogen) atoms. The third-order valence-electron chi connectivity index (χ3n) is 3.08. The van der Waals surface area contributed by atoms with Gasteiger partial charge in [-0.2, -0.15) is 0 Å². The number of hydrogen-bond acceptors (Lipinski definition) is 1. The summed E-state index contributed by atoms with van der Waals surface area (Å²) in [5.74, 6) is -1.77. The lowest BCUT2D eigenvalue weighted by atomic mass is 10.0. The highest BCUT2D eigenvalue weighted by molar-refractivity contribution is 6.31. The van der Waals surface area contributed by atoms with E-state index in [4.69, 9.17) is 11.6 Å². The first-order chi connectivity index (χ1) is 9.58. The number of aromatic amines is 1. The molecule has 1 aromatic heterocycles. The molecule has 0 aliphatic carbocycles. The SMILES string of the molecule is O=C(c1cccc(Cl)c1F)c1c[nH]c2ccc(F)cc12. The van der Waals surface area contributed by atoms with Crippen molar-refractivity contribution >= 4 is 28.3 Å². The number of rotatable bonds is 2. The van der Waals surface area contributed by atoms with Crippen molar-refractivity contribution in [1.29, 1.82) is 0 Å². The van der Waals surface area contributed by atoms with Crippen molar-refractivity contribution in [3.05, 3.63) is 70.4 Å². The lowest BCUT2D eigenvalue weighted by Gasteiger charge is -2.03. The van der Waals surface area contributed by atoms with Gasteiger partial charge >= 0.3 is 0 Å². The number of hydrogen-bond donors (Lipinski definition) is 1. The summed E-state index contributed by atoms with van der Waals surface area (Å²) in [6, 6.07) is 8.25. The smallest absolute Gasteiger partial charge is 0.198 e. The highest BCUT2D eigenvalue weighted by atomic mass is 35.5. The third kappa shape index (κ3) is 1.98. The zero-order chi connectivity index (χ0) is 14.3. The van der Waals surface area contributed by atoms with E-state index in [1.54, 1.807) is 0 Å². The number of nitrogens with one attached hydrogen (secondary N) is 1. The Morgan fingerprint density at radius 1 is 1.10 bits per heavy atom. The number of ketones is 1. The Labute approximate surface area is 118 Å². The topological polar surface area (TPSA) is 32.9 Å². The maximum Gasteiger partial charge on any atom is 0.198 e. The van der Waals surface area contributed by atoms with Crippen molar-refractivity contribution in [2.45, 2.75) is 0 Å². The molecule has 2 nitrogen and oxygen atoms in total. The zero-order valence-corrected chi connectivity index (χ0v) is 10.8. The lowest BCUT2D eigenvalue weighted by molar-refractivity contribution is 0.103. The number of fused-ring (bicyclic) bond motifs is 1. The molecule has 0 spiro atoms. The summed E-state index contributed by atoms with van der Waals surface area (Å²) >= 11 is 5.67. The maximum absolute atomic E-state index is 13.9. The molecule has 0 amide bonds. The summed E-state index contributed by atoms with van der Waals surface area (Å²) in [5.41, 5.74) is 0.681. The van der Waals surface area contributed by atoms with Gasteiger partial charge in [0.05, 0.1) is 10.6 Å². The third-order valence-corrected chi connectivity index (χ3v) is 3.38. The van der Waals surface area contributed by atoms with Crippen LogP contribution in [0.4, 0.5) is 8.78 Å². The number of halogens is 3. The maximum atomic E-state index is 13.9. The van der Waals surface area contributed by atoms with Crippen LogP contribution in [0.25, 0.3) is 10.9 Å². The first-order valence-corrected chi connectivity index (χ1v) is 6.21. The predicted molar refractivity (Wildman–Crippen MR) is 73.1 cm³/mol. The van der Waals surface area contributed by atoms with Crippen LogP contribution in [0.15, 0.2) is 42.6 Å². The monoisotopic (exact) mass is 291 g/mol. The molecular weight excluding hydrogens is 284 g/mol. The van der Waals surface area contributed by atoms with Crippen molar-refractivity contribution in [3.8, 4) is 0 Å². The molecule has 3 aromatic rings. The van der Waals surface area contributed by atoms with E-state index in [1.165, 1.54) is 42.6 Å². The van der Waals surface area contributed by atoms with Crippen LogP contribution in [0.2, 0.25) is 5.02 Å². The molecule has 0 bridgehead atoms. The van der Waals surface area contributed by atoms with Crippen LogP contribution in [0.3, 0.4) is 0 Å². The Balaban J connectivity index is 2.18. The lowest BCUT2D eigenvalue weighted by Crippen LogP contribution is -2.04. The molecule has 0 aliphatic rings. The molecule has 1 N–H and O–H groups in total. The molecule has 0 unspecified atom stereocenters. The summed E-state index contributed by atoms with van der Waals surface area (Å²) in [4.78, 5) is 15.2. The summed E-state index contributed by atoms with van der Waals surface area (Å²) in [6.45, 7) is 0. The quantitative estimate of drug-likeness (QED) is 0.700. The molecule has 0 saturated heterocycles. The summed E-state index contributed by atoms with van der Waals surface area (Å²) in [5, 5.41) is 0.288. The van der Waals surface area contributed by atoms with Gasteiger partial charge in [0.25, 0.3) is 0 Å². The van der Waals surface area contributed by atoms with Crippen molar-refractivity contribution in [1.82, 2.24) is 4.98 Å². The van der Waals surface area contributed by atoms with Gasteiger partial charge in [0.2, 0.25) is 0 Å². The van der Waals surface area contributed by atoms with Gasteiger partial charge < -0.3 is 4.98 Å². The van der Waals surface area contributed by atoms with Crippen LogP contribution in [0.5, 0.6) is 0 Å². The molecule has 0 fully saturated rings. The number of aromatic nitrogens is 1. The van der Waals surface area contributed by atoms with E-state index in [0.717, 1.165) is 0 Å². The number of H-pyrrole nitrogens is 1. The molecule has 1 heterocycles. The first kappa shape index (κ1) is 12.8. The van der Waals surface area contributed by atoms with E-state index >= 15 is 0 Å². The zero-order valence-electron chi connectivity index (χ0n) is 10.1. The van der Waals surface area contributed by atoms with Gasteiger partial charge in [-0.05, 0) is 30.3 Å². The highest BCUT2D eigenvalue weighted by Gasteiger charge is 2.19. The second-order valence-corrected chi connectivity index (χ2v) is 4.73. The van der Waals surface area contributed by atoms with E-state index in [9.17, 15) is 13.6 Å². The predicted octanol–water partition coefficient (Wildman–Crippen LogP) is 4.33. The Morgan fingerprint density at radius 2 is 1.90 bits per heavy atom. The Bertz CT molecular complexity index is 826. The Hall–Kier alpha value is -2.20. The van der Waals surface area contributed by atoms with E-state index in [1.807, 2.05) is 0 Å². The van der Waals surface area contributed by atoms with Crippen LogP contribution >= 0.6 is 11.6 Å². The minimum Gasteiger partial charge on any atom is -0.360 e. The fraction of sp³-hybridized carbons (Fsp3) is 0. The van der Waals surface area contributed by atoms with E-state index in [2.05, 4.69) is 4.98 Å². The molecule has 0 aliphatic heterocycles. The molecule has 5 heteroatoms. The van der Waals surface area contributed by atoms with E-state index < -0.39 is 17.4 Å². The van der Waals surface area contributed by atoms with Gasteiger partial charge in [0, 0.05) is 22.7 Å². The number of carbonyl (C=O) groups is 1. The van der Waals surface area contributed by atoms with Crippen LogP contribution in [0, 0.1) is 11.6 Å². The van der Waals surface area contributed by atoms with Gasteiger partial charge in [0.1, 0.15) is 5.82 Å². The molecule has 0 atom stereocenters.